The van der Waals surface area contributed by atoms with E-state index in [1.165, 1.54) is 0 Å². The highest BCUT2D eigenvalue weighted by Gasteiger charge is 2.34. The molecule has 0 radical (unpaired) electrons. The van der Waals surface area contributed by atoms with Crippen molar-refractivity contribution in [1.82, 2.24) is 9.44 Å². The summed E-state index contributed by atoms with van der Waals surface area (Å²) < 4.78 is 28.6. The molecule has 0 aromatic carbocycles. The van der Waals surface area contributed by atoms with Gasteiger partial charge in [-0.25, -0.2) is 0 Å². The van der Waals surface area contributed by atoms with Crippen LogP contribution in [-0.4, -0.2) is 26.5 Å². The van der Waals surface area contributed by atoms with Gasteiger partial charge in [0.25, 0.3) is 10.2 Å². The van der Waals surface area contributed by atoms with Crippen molar-refractivity contribution >= 4 is 10.2 Å². The zero-order valence-electron chi connectivity index (χ0n) is 9.58. The molecule has 0 saturated heterocycles. The van der Waals surface area contributed by atoms with E-state index in [0.717, 1.165) is 12.8 Å². The zero-order chi connectivity index (χ0) is 11.7. The lowest BCUT2D eigenvalue weighted by atomic mass is 9.90. The molecule has 15 heavy (non-hydrogen) atoms. The van der Waals surface area contributed by atoms with Crippen LogP contribution in [0.1, 0.15) is 33.6 Å². The number of nitrogens with two attached hydrogens (primary N) is 1. The first kappa shape index (κ1) is 12.9. The molecule has 0 aliphatic heterocycles. The first-order valence-electron chi connectivity index (χ1n) is 5.30. The Morgan fingerprint density at radius 1 is 1.47 bits per heavy atom. The molecule has 1 atom stereocenters. The van der Waals surface area contributed by atoms with E-state index in [1.807, 2.05) is 20.8 Å². The summed E-state index contributed by atoms with van der Waals surface area (Å²) in [5.41, 5.74) is 5.02. The van der Waals surface area contributed by atoms with Crippen molar-refractivity contribution in [3.63, 3.8) is 0 Å². The van der Waals surface area contributed by atoms with Gasteiger partial charge in [-0.05, 0) is 25.7 Å². The van der Waals surface area contributed by atoms with Gasteiger partial charge in [0.15, 0.2) is 0 Å². The van der Waals surface area contributed by atoms with Crippen molar-refractivity contribution in [2.24, 2.45) is 11.7 Å². The molecule has 1 aliphatic rings. The van der Waals surface area contributed by atoms with Gasteiger partial charge in [-0.15, -0.1) is 0 Å². The van der Waals surface area contributed by atoms with Crippen LogP contribution in [0.4, 0.5) is 0 Å². The molecule has 4 N–H and O–H groups in total. The van der Waals surface area contributed by atoms with Crippen LogP contribution in [-0.2, 0) is 10.2 Å². The predicted octanol–water partition coefficient (Wildman–Crippen LogP) is -0.0538. The van der Waals surface area contributed by atoms with E-state index in [0.29, 0.717) is 0 Å². The average Bonchev–Trinajstić information content (AvgIpc) is 2.86. The molecule has 6 heteroatoms. The van der Waals surface area contributed by atoms with Crippen LogP contribution in [0.15, 0.2) is 0 Å². The minimum atomic E-state index is -3.41. The van der Waals surface area contributed by atoms with Gasteiger partial charge in [-0.3, -0.25) is 0 Å². The van der Waals surface area contributed by atoms with Crippen molar-refractivity contribution in [2.45, 2.75) is 45.2 Å². The second-order valence-electron chi connectivity index (χ2n) is 4.77. The highest BCUT2D eigenvalue weighted by atomic mass is 32.2. The number of hydrogen-bond donors (Lipinski definition) is 3. The fourth-order valence-corrected chi connectivity index (χ4v) is 2.82. The predicted molar refractivity (Wildman–Crippen MR) is 60.5 cm³/mol. The number of rotatable bonds is 6. The lowest BCUT2D eigenvalue weighted by Crippen LogP contribution is -2.57. The molecule has 1 unspecified atom stereocenters. The maximum Gasteiger partial charge on any atom is 0.277 e. The monoisotopic (exact) mass is 235 g/mol. The van der Waals surface area contributed by atoms with Crippen LogP contribution >= 0.6 is 0 Å². The minimum absolute atomic E-state index is 0.122. The third-order valence-corrected chi connectivity index (χ3v) is 4.34. The Labute approximate surface area is 92.0 Å². The van der Waals surface area contributed by atoms with Gasteiger partial charge in [0, 0.05) is 18.1 Å². The van der Waals surface area contributed by atoms with Gasteiger partial charge in [0.2, 0.25) is 0 Å². The Morgan fingerprint density at radius 2 is 2.00 bits per heavy atom. The molecule has 1 rings (SSSR count). The largest absolute Gasteiger partial charge is 0.329 e. The Hall–Kier alpha value is -0.170. The molecule has 0 bridgehead atoms. The molecule has 1 fully saturated rings. The third kappa shape index (κ3) is 3.71. The fraction of sp³-hybridized carbons (Fsp3) is 1.00. The number of hydrogen-bond acceptors (Lipinski definition) is 3. The van der Waals surface area contributed by atoms with Gasteiger partial charge in [-0.1, -0.05) is 13.8 Å². The van der Waals surface area contributed by atoms with Gasteiger partial charge in [-0.2, -0.15) is 17.9 Å². The molecule has 0 aromatic heterocycles. The quantitative estimate of drug-likeness (QED) is 0.603. The highest BCUT2D eigenvalue weighted by Crippen LogP contribution is 2.21. The summed E-state index contributed by atoms with van der Waals surface area (Å²) in [4.78, 5) is 0. The molecule has 0 spiro atoms. The minimum Gasteiger partial charge on any atom is -0.329 e. The standard InChI is InChI=1S/C9H21N3O2S/c1-7(2)9(3,6-10)12-15(13,14)11-8-4-5-8/h7-8,11-12H,4-6,10H2,1-3H3. The SMILES string of the molecule is CC(C)C(C)(CN)NS(=O)(=O)NC1CC1. The van der Waals surface area contributed by atoms with Crippen molar-refractivity contribution in [2.75, 3.05) is 6.54 Å². The van der Waals surface area contributed by atoms with Crippen molar-refractivity contribution in [1.29, 1.82) is 0 Å². The molecular weight excluding hydrogens is 214 g/mol. The number of nitrogens with one attached hydrogen (secondary N) is 2. The van der Waals surface area contributed by atoms with Gasteiger partial charge in [0.05, 0.1) is 0 Å². The summed E-state index contributed by atoms with van der Waals surface area (Å²) in [7, 11) is -3.41. The zero-order valence-corrected chi connectivity index (χ0v) is 10.4. The van der Waals surface area contributed by atoms with Crippen LogP contribution in [0.5, 0.6) is 0 Å². The van der Waals surface area contributed by atoms with Crippen LogP contribution in [0.3, 0.4) is 0 Å². The average molecular weight is 235 g/mol. The molecule has 0 heterocycles. The summed E-state index contributed by atoms with van der Waals surface area (Å²) >= 11 is 0. The van der Waals surface area contributed by atoms with Crippen LogP contribution in [0.2, 0.25) is 0 Å². The normalized spacial score (nSPS) is 21.7. The molecule has 1 aliphatic carbocycles. The molecule has 1 saturated carbocycles. The van der Waals surface area contributed by atoms with E-state index in [-0.39, 0.29) is 18.5 Å². The second kappa shape index (κ2) is 4.37. The van der Waals surface area contributed by atoms with E-state index in [2.05, 4.69) is 9.44 Å². The third-order valence-electron chi connectivity index (χ3n) is 2.96. The highest BCUT2D eigenvalue weighted by molar-refractivity contribution is 7.87. The van der Waals surface area contributed by atoms with Crippen molar-refractivity contribution in [3.05, 3.63) is 0 Å². The van der Waals surface area contributed by atoms with E-state index >= 15 is 0 Å². The molecular formula is C9H21N3O2S. The van der Waals surface area contributed by atoms with Crippen LogP contribution in [0, 0.1) is 5.92 Å². The van der Waals surface area contributed by atoms with Crippen molar-refractivity contribution in [3.8, 4) is 0 Å². The Bertz CT molecular complexity index is 311. The molecule has 5 nitrogen and oxygen atoms in total. The van der Waals surface area contributed by atoms with E-state index < -0.39 is 15.7 Å². The van der Waals surface area contributed by atoms with Gasteiger partial charge >= 0.3 is 0 Å². The fourth-order valence-electron chi connectivity index (χ4n) is 1.15. The Morgan fingerprint density at radius 3 is 2.33 bits per heavy atom. The summed E-state index contributed by atoms with van der Waals surface area (Å²) in [5.74, 6) is 0.151. The van der Waals surface area contributed by atoms with Crippen molar-refractivity contribution < 1.29 is 8.42 Å². The maximum absolute atomic E-state index is 11.7. The summed E-state index contributed by atoms with van der Waals surface area (Å²) in [6.45, 7) is 6.01. The first-order chi connectivity index (χ1) is 6.79. The maximum atomic E-state index is 11.7. The van der Waals surface area contributed by atoms with E-state index in [1.54, 1.807) is 0 Å². The molecule has 90 valence electrons. The summed E-state index contributed by atoms with van der Waals surface area (Å²) in [6, 6.07) is 0.122. The van der Waals surface area contributed by atoms with Gasteiger partial charge in [0.1, 0.15) is 0 Å². The topological polar surface area (TPSA) is 84.2 Å². The lowest BCUT2D eigenvalue weighted by molar-refractivity contribution is 0.313. The Kier molecular flexibility index (Phi) is 3.76. The smallest absolute Gasteiger partial charge is 0.277 e. The van der Waals surface area contributed by atoms with Gasteiger partial charge < -0.3 is 5.73 Å². The molecule has 0 aromatic rings. The first-order valence-corrected chi connectivity index (χ1v) is 6.79. The Balaban J connectivity index is 2.64. The summed E-state index contributed by atoms with van der Waals surface area (Å²) in [6.07, 6.45) is 1.86. The van der Waals surface area contributed by atoms with E-state index in [9.17, 15) is 8.42 Å². The summed E-state index contributed by atoms with van der Waals surface area (Å²) in [5, 5.41) is 0. The van der Waals surface area contributed by atoms with Crippen LogP contribution < -0.4 is 15.2 Å². The van der Waals surface area contributed by atoms with Crippen LogP contribution in [0.25, 0.3) is 0 Å². The molecule has 0 amide bonds. The second-order valence-corrected chi connectivity index (χ2v) is 6.22. The van der Waals surface area contributed by atoms with E-state index in [4.69, 9.17) is 5.73 Å². The lowest BCUT2D eigenvalue weighted by Gasteiger charge is -2.33.